The molecule has 0 radical (unpaired) electrons. The fraction of sp³-hybridized carbons (Fsp3) is 0.556. The maximum atomic E-state index is 12.1. The third-order valence-corrected chi connectivity index (χ3v) is 4.50. The predicted octanol–water partition coefficient (Wildman–Crippen LogP) is 2.68. The second-order valence-electron chi connectivity index (χ2n) is 6.43. The SMILES string of the molecule is CC1CCCC(N(C)CC(=O)NCc2ccc(C#N)cc2)C1. The molecular weight excluding hydrogens is 274 g/mol. The highest BCUT2D eigenvalue weighted by atomic mass is 16.2. The fourth-order valence-electron chi connectivity index (χ4n) is 3.11. The van der Waals surface area contributed by atoms with Crippen molar-refractivity contribution in [2.75, 3.05) is 13.6 Å². The molecule has 0 heterocycles. The molecule has 1 fully saturated rings. The van der Waals surface area contributed by atoms with Crippen LogP contribution in [0.2, 0.25) is 0 Å². The van der Waals surface area contributed by atoms with Gasteiger partial charge in [-0.05, 0) is 43.5 Å². The number of benzene rings is 1. The van der Waals surface area contributed by atoms with Gasteiger partial charge in [-0.15, -0.1) is 0 Å². The number of carbonyl (C=O) groups is 1. The van der Waals surface area contributed by atoms with Crippen LogP contribution in [0.4, 0.5) is 0 Å². The minimum atomic E-state index is 0.0603. The summed E-state index contributed by atoms with van der Waals surface area (Å²) in [5.41, 5.74) is 1.66. The quantitative estimate of drug-likeness (QED) is 0.909. The Labute approximate surface area is 133 Å². The molecule has 0 aliphatic heterocycles. The lowest BCUT2D eigenvalue weighted by Gasteiger charge is -2.33. The molecule has 2 rings (SSSR count). The smallest absolute Gasteiger partial charge is 0.234 e. The van der Waals surface area contributed by atoms with Crippen LogP contribution in [0.5, 0.6) is 0 Å². The molecule has 4 heteroatoms. The van der Waals surface area contributed by atoms with Crippen molar-refractivity contribution in [3.05, 3.63) is 35.4 Å². The molecule has 4 nitrogen and oxygen atoms in total. The van der Waals surface area contributed by atoms with Crippen LogP contribution < -0.4 is 5.32 Å². The van der Waals surface area contributed by atoms with Crippen molar-refractivity contribution in [3.8, 4) is 6.07 Å². The first-order chi connectivity index (χ1) is 10.6. The highest BCUT2D eigenvalue weighted by molar-refractivity contribution is 5.78. The second kappa shape index (κ2) is 7.95. The Morgan fingerprint density at radius 3 is 2.73 bits per heavy atom. The van der Waals surface area contributed by atoms with Gasteiger partial charge in [0.05, 0.1) is 18.2 Å². The fourth-order valence-corrected chi connectivity index (χ4v) is 3.11. The first-order valence-corrected chi connectivity index (χ1v) is 8.04. The van der Waals surface area contributed by atoms with E-state index < -0.39 is 0 Å². The van der Waals surface area contributed by atoms with E-state index in [1.807, 2.05) is 19.2 Å². The summed E-state index contributed by atoms with van der Waals surface area (Å²) in [5, 5.41) is 11.7. The summed E-state index contributed by atoms with van der Waals surface area (Å²) in [7, 11) is 2.05. The first-order valence-electron chi connectivity index (χ1n) is 8.04. The number of likely N-dealkylation sites (N-methyl/N-ethyl adjacent to an activating group) is 1. The summed E-state index contributed by atoms with van der Waals surface area (Å²) in [5.74, 6) is 0.827. The number of hydrogen-bond acceptors (Lipinski definition) is 3. The van der Waals surface area contributed by atoms with Gasteiger partial charge in [-0.3, -0.25) is 9.69 Å². The van der Waals surface area contributed by atoms with E-state index in [0.717, 1.165) is 11.5 Å². The van der Waals surface area contributed by atoms with Crippen molar-refractivity contribution in [3.63, 3.8) is 0 Å². The molecule has 1 aliphatic rings. The van der Waals surface area contributed by atoms with Gasteiger partial charge in [-0.1, -0.05) is 31.9 Å². The van der Waals surface area contributed by atoms with E-state index in [4.69, 9.17) is 5.26 Å². The molecule has 1 amide bonds. The lowest BCUT2D eigenvalue weighted by Crippen LogP contribution is -2.42. The highest BCUT2D eigenvalue weighted by Crippen LogP contribution is 2.26. The summed E-state index contributed by atoms with van der Waals surface area (Å²) in [6.45, 7) is 3.26. The molecule has 22 heavy (non-hydrogen) atoms. The van der Waals surface area contributed by atoms with Gasteiger partial charge in [-0.2, -0.15) is 5.26 Å². The summed E-state index contributed by atoms with van der Waals surface area (Å²) in [6, 6.07) is 9.93. The van der Waals surface area contributed by atoms with E-state index in [1.54, 1.807) is 12.1 Å². The van der Waals surface area contributed by atoms with Gasteiger partial charge in [0.15, 0.2) is 0 Å². The summed E-state index contributed by atoms with van der Waals surface area (Å²) >= 11 is 0. The summed E-state index contributed by atoms with van der Waals surface area (Å²) in [6.07, 6.45) is 4.97. The summed E-state index contributed by atoms with van der Waals surface area (Å²) in [4.78, 5) is 14.3. The van der Waals surface area contributed by atoms with Gasteiger partial charge < -0.3 is 5.32 Å². The topological polar surface area (TPSA) is 56.1 Å². The Balaban J connectivity index is 1.76. The number of amides is 1. The van der Waals surface area contributed by atoms with Crippen LogP contribution in [-0.4, -0.2) is 30.4 Å². The van der Waals surface area contributed by atoms with Crippen molar-refractivity contribution in [2.24, 2.45) is 5.92 Å². The van der Waals surface area contributed by atoms with Crippen LogP contribution in [0.1, 0.15) is 43.7 Å². The van der Waals surface area contributed by atoms with Gasteiger partial charge in [0.2, 0.25) is 5.91 Å². The molecule has 1 aromatic rings. The molecule has 0 bridgehead atoms. The minimum Gasteiger partial charge on any atom is -0.351 e. The molecule has 2 unspecified atom stereocenters. The van der Waals surface area contributed by atoms with Crippen molar-refractivity contribution >= 4 is 5.91 Å². The van der Waals surface area contributed by atoms with Crippen molar-refractivity contribution < 1.29 is 4.79 Å². The van der Waals surface area contributed by atoms with Crippen molar-refractivity contribution in [1.82, 2.24) is 10.2 Å². The first kappa shape index (κ1) is 16.5. The van der Waals surface area contributed by atoms with E-state index in [0.29, 0.717) is 24.7 Å². The van der Waals surface area contributed by atoms with Gasteiger partial charge in [-0.25, -0.2) is 0 Å². The molecule has 0 aromatic heterocycles. The largest absolute Gasteiger partial charge is 0.351 e. The maximum Gasteiger partial charge on any atom is 0.234 e. The Bertz CT molecular complexity index is 532. The van der Waals surface area contributed by atoms with E-state index in [9.17, 15) is 4.79 Å². The molecule has 2 atom stereocenters. The molecular formula is C18H25N3O. The van der Waals surface area contributed by atoms with Gasteiger partial charge in [0.25, 0.3) is 0 Å². The van der Waals surface area contributed by atoms with Crippen molar-refractivity contribution in [1.29, 1.82) is 5.26 Å². The molecule has 1 aromatic carbocycles. The van der Waals surface area contributed by atoms with E-state index in [-0.39, 0.29) is 5.91 Å². The zero-order valence-electron chi connectivity index (χ0n) is 13.5. The monoisotopic (exact) mass is 299 g/mol. The minimum absolute atomic E-state index is 0.0603. The third-order valence-electron chi connectivity index (χ3n) is 4.50. The maximum absolute atomic E-state index is 12.1. The number of nitriles is 1. The zero-order valence-corrected chi connectivity index (χ0v) is 13.5. The normalized spacial score (nSPS) is 21.4. The Morgan fingerprint density at radius 2 is 2.09 bits per heavy atom. The number of hydrogen-bond donors (Lipinski definition) is 1. The molecule has 118 valence electrons. The Kier molecular flexibility index (Phi) is 5.97. The van der Waals surface area contributed by atoms with Crippen LogP contribution >= 0.6 is 0 Å². The molecule has 0 spiro atoms. The zero-order chi connectivity index (χ0) is 15.9. The van der Waals surface area contributed by atoms with Crippen LogP contribution in [0.15, 0.2) is 24.3 Å². The highest BCUT2D eigenvalue weighted by Gasteiger charge is 2.23. The van der Waals surface area contributed by atoms with Crippen LogP contribution in [0, 0.1) is 17.2 Å². The van der Waals surface area contributed by atoms with E-state index in [1.165, 1.54) is 25.7 Å². The lowest BCUT2D eigenvalue weighted by atomic mass is 9.86. The van der Waals surface area contributed by atoms with Crippen molar-refractivity contribution in [2.45, 2.75) is 45.2 Å². The Morgan fingerprint density at radius 1 is 1.36 bits per heavy atom. The third kappa shape index (κ3) is 4.85. The van der Waals surface area contributed by atoms with Crippen LogP contribution in [0.3, 0.4) is 0 Å². The standard InChI is InChI=1S/C18H25N3O/c1-14-4-3-5-17(10-14)21(2)13-18(22)20-12-16-8-6-15(11-19)7-9-16/h6-9,14,17H,3-5,10,12-13H2,1-2H3,(H,20,22). The Hall–Kier alpha value is -1.86. The molecule has 1 N–H and O–H groups in total. The molecule has 1 saturated carbocycles. The molecule has 1 aliphatic carbocycles. The van der Waals surface area contributed by atoms with Crippen LogP contribution in [-0.2, 0) is 11.3 Å². The van der Waals surface area contributed by atoms with Gasteiger partial charge in [0.1, 0.15) is 0 Å². The number of nitrogens with zero attached hydrogens (tertiary/aromatic N) is 2. The van der Waals surface area contributed by atoms with E-state index >= 15 is 0 Å². The van der Waals surface area contributed by atoms with E-state index in [2.05, 4.69) is 23.2 Å². The molecule has 0 saturated heterocycles. The average molecular weight is 299 g/mol. The number of rotatable bonds is 5. The second-order valence-corrected chi connectivity index (χ2v) is 6.43. The van der Waals surface area contributed by atoms with Crippen LogP contribution in [0.25, 0.3) is 0 Å². The van der Waals surface area contributed by atoms with Gasteiger partial charge in [0, 0.05) is 12.6 Å². The number of nitrogens with one attached hydrogen (secondary N) is 1. The number of carbonyl (C=O) groups excluding carboxylic acids is 1. The predicted molar refractivity (Wildman–Crippen MR) is 87.1 cm³/mol. The average Bonchev–Trinajstić information content (AvgIpc) is 2.53. The van der Waals surface area contributed by atoms with Gasteiger partial charge >= 0.3 is 0 Å². The lowest BCUT2D eigenvalue weighted by molar-refractivity contribution is -0.122. The summed E-state index contributed by atoms with van der Waals surface area (Å²) < 4.78 is 0.